The second-order valence-electron chi connectivity index (χ2n) is 5.67. The number of hydrogen-bond donors (Lipinski definition) is 1. The molecule has 1 aliphatic rings. The van der Waals surface area contributed by atoms with Gasteiger partial charge in [-0.3, -0.25) is 9.80 Å². The van der Waals surface area contributed by atoms with Crippen LogP contribution in [0.15, 0.2) is 12.1 Å². The highest BCUT2D eigenvalue weighted by Gasteiger charge is 2.15. The third-order valence-electron chi connectivity index (χ3n) is 4.42. The van der Waals surface area contributed by atoms with E-state index in [1.165, 1.54) is 43.7 Å². The van der Waals surface area contributed by atoms with Crippen LogP contribution in [0, 0.1) is 0 Å². The molecule has 1 aliphatic heterocycles. The van der Waals surface area contributed by atoms with Crippen molar-refractivity contribution in [2.75, 3.05) is 26.2 Å². The molecule has 0 spiro atoms. The van der Waals surface area contributed by atoms with Crippen molar-refractivity contribution < 1.29 is 0 Å². The Balaban J connectivity index is 0.00000200. The van der Waals surface area contributed by atoms with Crippen molar-refractivity contribution >= 4 is 24.8 Å². The molecule has 124 valence electrons. The Hall–Kier alpha value is -0.220. The molecule has 3 nitrogen and oxygen atoms in total. The van der Waals surface area contributed by atoms with Crippen molar-refractivity contribution in [3.8, 4) is 0 Å². The van der Waals surface area contributed by atoms with Crippen LogP contribution < -0.4 is 0 Å². The summed E-state index contributed by atoms with van der Waals surface area (Å²) in [5.41, 5.74) is 2.73. The lowest BCUT2D eigenvalue weighted by Gasteiger charge is -2.26. The highest BCUT2D eigenvalue weighted by molar-refractivity contribution is 5.85. The van der Waals surface area contributed by atoms with E-state index in [0.717, 1.165) is 19.6 Å². The van der Waals surface area contributed by atoms with Crippen molar-refractivity contribution in [1.29, 1.82) is 0 Å². The van der Waals surface area contributed by atoms with E-state index in [1.54, 1.807) is 0 Å². The topological polar surface area (TPSA) is 22.3 Å². The summed E-state index contributed by atoms with van der Waals surface area (Å²) in [6, 6.07) is 5.02. The minimum Gasteiger partial charge on any atom is -0.360 e. The summed E-state index contributed by atoms with van der Waals surface area (Å²) in [7, 11) is 0. The summed E-state index contributed by atoms with van der Waals surface area (Å²) in [6.07, 6.45) is 4.14. The monoisotopic (exact) mass is 335 g/mol. The van der Waals surface area contributed by atoms with Gasteiger partial charge in [0.25, 0.3) is 0 Å². The third kappa shape index (κ3) is 5.82. The van der Waals surface area contributed by atoms with Crippen molar-refractivity contribution in [3.63, 3.8) is 0 Å². The van der Waals surface area contributed by atoms with Gasteiger partial charge in [-0.05, 0) is 58.1 Å². The average molecular weight is 336 g/mol. The van der Waals surface area contributed by atoms with Crippen LogP contribution >= 0.6 is 24.8 Å². The normalized spacial score (nSPS) is 17.1. The van der Waals surface area contributed by atoms with Crippen LogP contribution in [-0.2, 0) is 6.54 Å². The number of halogens is 2. The van der Waals surface area contributed by atoms with Crippen LogP contribution in [0.5, 0.6) is 0 Å². The lowest BCUT2D eigenvalue weighted by atomic mass is 10.1. The van der Waals surface area contributed by atoms with E-state index in [2.05, 4.69) is 47.7 Å². The first-order chi connectivity index (χ1) is 9.24. The number of piperidine rings is 1. The van der Waals surface area contributed by atoms with Gasteiger partial charge in [-0.2, -0.15) is 0 Å². The molecule has 1 aromatic rings. The number of aromatic nitrogens is 1. The number of nitrogens with zero attached hydrogens (tertiary/aromatic N) is 2. The third-order valence-corrected chi connectivity index (χ3v) is 4.42. The Bertz CT molecular complexity index is 371. The fourth-order valence-corrected chi connectivity index (χ4v) is 3.12. The zero-order valence-electron chi connectivity index (χ0n) is 13.6. The Morgan fingerprint density at radius 1 is 1.10 bits per heavy atom. The number of likely N-dealkylation sites (tertiary alicyclic amines) is 1. The Kier molecular flexibility index (Phi) is 10.4. The van der Waals surface area contributed by atoms with Crippen LogP contribution in [0.1, 0.15) is 57.5 Å². The Morgan fingerprint density at radius 3 is 2.29 bits per heavy atom. The van der Waals surface area contributed by atoms with Crippen LogP contribution in [0.2, 0.25) is 0 Å². The zero-order valence-corrected chi connectivity index (χ0v) is 15.2. The van der Waals surface area contributed by atoms with Crippen molar-refractivity contribution in [1.82, 2.24) is 14.8 Å². The predicted octanol–water partition coefficient (Wildman–Crippen LogP) is 4.25. The lowest BCUT2D eigenvalue weighted by molar-refractivity contribution is 0.216. The number of nitrogens with one attached hydrogen (secondary N) is 1. The molecule has 1 fully saturated rings. The number of H-pyrrole nitrogens is 1. The van der Waals surface area contributed by atoms with Gasteiger partial charge in [0.1, 0.15) is 0 Å². The molecule has 0 amide bonds. The van der Waals surface area contributed by atoms with Gasteiger partial charge in [-0.15, -0.1) is 24.8 Å². The van der Waals surface area contributed by atoms with Gasteiger partial charge in [-0.1, -0.05) is 20.3 Å². The van der Waals surface area contributed by atoms with Gasteiger partial charge in [-0.25, -0.2) is 0 Å². The average Bonchev–Trinajstić information content (AvgIpc) is 2.89. The molecule has 2 rings (SSSR count). The highest BCUT2D eigenvalue weighted by Crippen LogP contribution is 2.20. The zero-order chi connectivity index (χ0) is 13.7. The fraction of sp³-hybridized carbons (Fsp3) is 0.750. The number of rotatable bonds is 6. The van der Waals surface area contributed by atoms with E-state index in [1.807, 2.05) is 0 Å². The van der Waals surface area contributed by atoms with E-state index < -0.39 is 0 Å². The van der Waals surface area contributed by atoms with Gasteiger partial charge >= 0.3 is 0 Å². The van der Waals surface area contributed by atoms with E-state index >= 15 is 0 Å². The van der Waals surface area contributed by atoms with Crippen LogP contribution in [0.25, 0.3) is 0 Å². The SMILES string of the molecule is CCN(CC)C(C)c1ccc(CN2CCCCC2)[nH]1.Cl.Cl. The highest BCUT2D eigenvalue weighted by atomic mass is 35.5. The second kappa shape index (κ2) is 10.5. The lowest BCUT2D eigenvalue weighted by Crippen LogP contribution is -2.29. The number of hydrogen-bond acceptors (Lipinski definition) is 2. The maximum absolute atomic E-state index is 3.63. The van der Waals surface area contributed by atoms with E-state index in [9.17, 15) is 0 Å². The summed E-state index contributed by atoms with van der Waals surface area (Å²) in [4.78, 5) is 8.68. The smallest absolute Gasteiger partial charge is 0.0470 e. The first kappa shape index (κ1) is 20.8. The number of aromatic amines is 1. The van der Waals surface area contributed by atoms with Crippen LogP contribution in [0.3, 0.4) is 0 Å². The van der Waals surface area contributed by atoms with Crippen molar-refractivity contribution in [2.45, 2.75) is 52.6 Å². The van der Waals surface area contributed by atoms with Crippen molar-refractivity contribution in [3.05, 3.63) is 23.5 Å². The first-order valence-corrected chi connectivity index (χ1v) is 7.88. The maximum atomic E-state index is 3.63. The minimum atomic E-state index is 0. The predicted molar refractivity (Wildman–Crippen MR) is 95.8 cm³/mol. The largest absolute Gasteiger partial charge is 0.360 e. The summed E-state index contributed by atoms with van der Waals surface area (Å²) in [6.45, 7) is 12.6. The molecule has 1 saturated heterocycles. The van der Waals surface area contributed by atoms with Crippen LogP contribution in [0.4, 0.5) is 0 Å². The molecule has 1 atom stereocenters. The fourth-order valence-electron chi connectivity index (χ4n) is 3.12. The van der Waals surface area contributed by atoms with Gasteiger partial charge < -0.3 is 4.98 Å². The molecular formula is C16H31Cl2N3. The van der Waals surface area contributed by atoms with Gasteiger partial charge in [0.15, 0.2) is 0 Å². The molecule has 0 bridgehead atoms. The molecule has 1 N–H and O–H groups in total. The molecule has 1 unspecified atom stereocenters. The standard InChI is InChI=1S/C16H29N3.2ClH/c1-4-19(5-2)14(3)16-10-9-15(17-16)13-18-11-7-6-8-12-18;;/h9-10,14,17H,4-8,11-13H2,1-3H3;2*1H. The molecule has 2 heterocycles. The Morgan fingerprint density at radius 2 is 1.71 bits per heavy atom. The molecule has 5 heteroatoms. The Labute approximate surface area is 142 Å². The minimum absolute atomic E-state index is 0. The second-order valence-corrected chi connectivity index (χ2v) is 5.67. The molecule has 0 saturated carbocycles. The van der Waals surface area contributed by atoms with E-state index in [4.69, 9.17) is 0 Å². The first-order valence-electron chi connectivity index (χ1n) is 7.88. The quantitative estimate of drug-likeness (QED) is 0.839. The summed E-state index contributed by atoms with van der Waals surface area (Å²) >= 11 is 0. The molecular weight excluding hydrogens is 305 g/mol. The van der Waals surface area contributed by atoms with Gasteiger partial charge in [0, 0.05) is 24.0 Å². The van der Waals surface area contributed by atoms with Gasteiger partial charge in [0.05, 0.1) is 0 Å². The summed E-state index contributed by atoms with van der Waals surface area (Å²) in [5.74, 6) is 0. The molecule has 0 radical (unpaired) electrons. The van der Waals surface area contributed by atoms with Crippen LogP contribution in [-0.4, -0.2) is 41.0 Å². The van der Waals surface area contributed by atoms with E-state index in [0.29, 0.717) is 6.04 Å². The summed E-state index contributed by atoms with van der Waals surface area (Å²) in [5, 5.41) is 0. The summed E-state index contributed by atoms with van der Waals surface area (Å²) < 4.78 is 0. The van der Waals surface area contributed by atoms with Crippen molar-refractivity contribution in [2.24, 2.45) is 0 Å². The van der Waals surface area contributed by atoms with Gasteiger partial charge in [0.2, 0.25) is 0 Å². The molecule has 0 aliphatic carbocycles. The van der Waals surface area contributed by atoms with E-state index in [-0.39, 0.29) is 24.8 Å². The molecule has 1 aromatic heterocycles. The maximum Gasteiger partial charge on any atom is 0.0470 e. The molecule has 0 aromatic carbocycles. The molecule has 21 heavy (non-hydrogen) atoms.